The zero-order valence-corrected chi connectivity index (χ0v) is 17.4. The topological polar surface area (TPSA) is 38.1 Å². The molecule has 1 amide bonds. The lowest BCUT2D eigenvalue weighted by Crippen LogP contribution is -2.25. The molecule has 5 heteroatoms. The fourth-order valence-corrected chi connectivity index (χ4v) is 4.62. The summed E-state index contributed by atoms with van der Waals surface area (Å²) in [5.41, 5.74) is 4.23. The molecule has 0 N–H and O–H groups in total. The van der Waals surface area contributed by atoms with Gasteiger partial charge >= 0.3 is 0 Å². The molecule has 3 aromatic carbocycles. The van der Waals surface area contributed by atoms with Crippen molar-refractivity contribution in [2.45, 2.75) is 18.9 Å². The average molecular weight is 446 g/mol. The number of imidazole rings is 1. The molecule has 1 aliphatic heterocycles. The van der Waals surface area contributed by atoms with Crippen molar-refractivity contribution < 1.29 is 4.79 Å². The highest BCUT2D eigenvalue weighted by Crippen LogP contribution is 2.36. The van der Waals surface area contributed by atoms with E-state index in [-0.39, 0.29) is 11.8 Å². The minimum Gasteiger partial charge on any atom is -0.323 e. The summed E-state index contributed by atoms with van der Waals surface area (Å²) < 4.78 is 3.21. The number of carbonyl (C=O) groups excluding carboxylic acids is 1. The van der Waals surface area contributed by atoms with E-state index in [9.17, 15) is 4.79 Å². The van der Waals surface area contributed by atoms with Crippen LogP contribution in [0.1, 0.15) is 23.7 Å². The van der Waals surface area contributed by atoms with Gasteiger partial charge in [0.15, 0.2) is 0 Å². The number of nitrogens with zero attached hydrogens (tertiary/aromatic N) is 3. The summed E-state index contributed by atoms with van der Waals surface area (Å²) in [7, 11) is 0. The van der Waals surface area contributed by atoms with Crippen LogP contribution < -0.4 is 4.90 Å². The second-order valence-electron chi connectivity index (χ2n) is 7.39. The standard InChI is InChI=1S/C24H20BrN3O/c25-19-10-4-6-12-21(19)27-16-18(14-23(27)29)24-26-20-11-5-7-13-22(20)28(24)15-17-8-2-1-3-9-17/h1-13,18H,14-16H2/t18-/m0/s1. The van der Waals surface area contributed by atoms with Crippen molar-refractivity contribution >= 4 is 38.6 Å². The predicted molar refractivity (Wildman–Crippen MR) is 119 cm³/mol. The van der Waals surface area contributed by atoms with Gasteiger partial charge in [0, 0.05) is 29.9 Å². The number of aromatic nitrogens is 2. The maximum atomic E-state index is 12.9. The molecule has 0 aliphatic carbocycles. The van der Waals surface area contributed by atoms with Crippen molar-refractivity contribution in [3.8, 4) is 0 Å². The summed E-state index contributed by atoms with van der Waals surface area (Å²) in [6, 6.07) is 26.5. The number of hydrogen-bond acceptors (Lipinski definition) is 2. The van der Waals surface area contributed by atoms with E-state index >= 15 is 0 Å². The Bertz CT molecular complexity index is 1190. The molecule has 1 saturated heterocycles. The first-order valence-electron chi connectivity index (χ1n) is 9.74. The molecular formula is C24H20BrN3O. The van der Waals surface area contributed by atoms with Gasteiger partial charge in [-0.1, -0.05) is 54.6 Å². The Kier molecular flexibility index (Phi) is 4.68. The minimum atomic E-state index is 0.0609. The number of hydrogen-bond donors (Lipinski definition) is 0. The van der Waals surface area contributed by atoms with Gasteiger partial charge in [-0.05, 0) is 45.8 Å². The third-order valence-corrected chi connectivity index (χ3v) is 6.17. The molecule has 144 valence electrons. The van der Waals surface area contributed by atoms with Crippen LogP contribution in [0.5, 0.6) is 0 Å². The van der Waals surface area contributed by atoms with Crippen molar-refractivity contribution in [1.29, 1.82) is 0 Å². The van der Waals surface area contributed by atoms with Crippen LogP contribution in [-0.4, -0.2) is 22.0 Å². The van der Waals surface area contributed by atoms with Crippen LogP contribution in [-0.2, 0) is 11.3 Å². The van der Waals surface area contributed by atoms with Crippen LogP contribution >= 0.6 is 15.9 Å². The molecule has 5 rings (SSSR count). The van der Waals surface area contributed by atoms with E-state index in [1.54, 1.807) is 0 Å². The van der Waals surface area contributed by atoms with Gasteiger partial charge in [0.25, 0.3) is 0 Å². The van der Waals surface area contributed by atoms with E-state index in [1.165, 1.54) is 5.56 Å². The maximum Gasteiger partial charge on any atom is 0.227 e. The molecule has 1 aromatic heterocycles. The number of halogens is 1. The zero-order chi connectivity index (χ0) is 19.8. The summed E-state index contributed by atoms with van der Waals surface area (Å²) in [6.07, 6.45) is 0.472. The Morgan fingerprint density at radius 2 is 1.66 bits per heavy atom. The first-order chi connectivity index (χ1) is 14.2. The van der Waals surface area contributed by atoms with Gasteiger partial charge in [-0.25, -0.2) is 4.98 Å². The highest BCUT2D eigenvalue weighted by molar-refractivity contribution is 9.10. The number of amides is 1. The minimum absolute atomic E-state index is 0.0609. The van der Waals surface area contributed by atoms with Crippen molar-refractivity contribution in [1.82, 2.24) is 9.55 Å². The molecule has 0 saturated carbocycles. The van der Waals surface area contributed by atoms with Gasteiger partial charge in [-0.3, -0.25) is 4.79 Å². The van der Waals surface area contributed by atoms with Crippen LogP contribution in [0.2, 0.25) is 0 Å². The van der Waals surface area contributed by atoms with E-state index < -0.39 is 0 Å². The van der Waals surface area contributed by atoms with Gasteiger partial charge in [0.05, 0.1) is 16.7 Å². The fourth-order valence-electron chi connectivity index (χ4n) is 4.12. The summed E-state index contributed by atoms with van der Waals surface area (Å²) in [5, 5.41) is 0. The van der Waals surface area contributed by atoms with E-state index in [4.69, 9.17) is 4.98 Å². The summed E-state index contributed by atoms with van der Waals surface area (Å²) >= 11 is 3.58. The number of benzene rings is 3. The third-order valence-electron chi connectivity index (χ3n) is 5.50. The average Bonchev–Trinajstić information content (AvgIpc) is 3.30. The number of fused-ring (bicyclic) bond motifs is 1. The van der Waals surface area contributed by atoms with Crippen LogP contribution in [0.15, 0.2) is 83.3 Å². The molecule has 4 aromatic rings. The second-order valence-corrected chi connectivity index (χ2v) is 8.24. The molecule has 0 bridgehead atoms. The van der Waals surface area contributed by atoms with Crippen LogP contribution in [0, 0.1) is 0 Å². The molecular weight excluding hydrogens is 426 g/mol. The van der Waals surface area contributed by atoms with Gasteiger partial charge in [0.2, 0.25) is 5.91 Å². The predicted octanol–water partition coefficient (Wildman–Crippen LogP) is 5.37. The Labute approximate surface area is 177 Å². The fraction of sp³-hybridized carbons (Fsp3) is 0.167. The lowest BCUT2D eigenvalue weighted by molar-refractivity contribution is -0.117. The molecule has 1 fully saturated rings. The number of para-hydroxylation sites is 3. The first-order valence-corrected chi connectivity index (χ1v) is 10.5. The lowest BCUT2D eigenvalue weighted by atomic mass is 10.1. The smallest absolute Gasteiger partial charge is 0.227 e. The quantitative estimate of drug-likeness (QED) is 0.423. The van der Waals surface area contributed by atoms with Crippen LogP contribution in [0.25, 0.3) is 11.0 Å². The van der Waals surface area contributed by atoms with E-state index in [1.807, 2.05) is 53.4 Å². The highest BCUT2D eigenvalue weighted by atomic mass is 79.9. The SMILES string of the molecule is O=C1C[C@H](c2nc3ccccc3n2Cc2ccccc2)CN1c1ccccc1Br. The monoisotopic (exact) mass is 445 g/mol. The molecule has 29 heavy (non-hydrogen) atoms. The summed E-state index contributed by atoms with van der Waals surface area (Å²) in [6.45, 7) is 1.38. The lowest BCUT2D eigenvalue weighted by Gasteiger charge is -2.18. The largest absolute Gasteiger partial charge is 0.323 e. The molecule has 1 atom stereocenters. The van der Waals surface area contributed by atoms with Crippen LogP contribution in [0.4, 0.5) is 5.69 Å². The van der Waals surface area contributed by atoms with Gasteiger partial charge in [-0.2, -0.15) is 0 Å². The molecule has 4 nitrogen and oxygen atoms in total. The number of anilines is 1. The van der Waals surface area contributed by atoms with Crippen molar-refractivity contribution in [2.24, 2.45) is 0 Å². The summed E-state index contributed by atoms with van der Waals surface area (Å²) in [4.78, 5) is 19.7. The number of rotatable bonds is 4. The van der Waals surface area contributed by atoms with Crippen molar-refractivity contribution in [2.75, 3.05) is 11.4 Å². The van der Waals surface area contributed by atoms with E-state index in [2.05, 4.69) is 50.8 Å². The van der Waals surface area contributed by atoms with Crippen molar-refractivity contribution in [3.05, 3.63) is 94.7 Å². The normalized spacial score (nSPS) is 16.7. The molecule has 0 radical (unpaired) electrons. The Hall–Kier alpha value is -2.92. The van der Waals surface area contributed by atoms with Gasteiger partial charge in [0.1, 0.15) is 5.82 Å². The van der Waals surface area contributed by atoms with Crippen LogP contribution in [0.3, 0.4) is 0 Å². The molecule has 2 heterocycles. The summed E-state index contributed by atoms with van der Waals surface area (Å²) in [5.74, 6) is 1.18. The highest BCUT2D eigenvalue weighted by Gasteiger charge is 2.35. The Morgan fingerprint density at radius 1 is 0.931 bits per heavy atom. The van der Waals surface area contributed by atoms with Gasteiger partial charge < -0.3 is 9.47 Å². The molecule has 0 spiro atoms. The number of carbonyl (C=O) groups is 1. The van der Waals surface area contributed by atoms with Gasteiger partial charge in [-0.15, -0.1) is 0 Å². The van der Waals surface area contributed by atoms with E-state index in [0.29, 0.717) is 13.0 Å². The molecule has 1 aliphatic rings. The second kappa shape index (κ2) is 7.48. The third kappa shape index (κ3) is 3.36. The zero-order valence-electron chi connectivity index (χ0n) is 15.8. The first kappa shape index (κ1) is 18.1. The van der Waals surface area contributed by atoms with Crippen molar-refractivity contribution in [3.63, 3.8) is 0 Å². The Morgan fingerprint density at radius 3 is 2.48 bits per heavy atom. The maximum absolute atomic E-state index is 12.9. The Balaban J connectivity index is 1.54. The van der Waals surface area contributed by atoms with E-state index in [0.717, 1.165) is 33.6 Å². The molecule has 0 unspecified atom stereocenters.